The number of Topliss-reactive ketones (excluding diaryl/α,β-unsaturated/α-hetero) is 1. The average molecular weight is 1190 g/mol. The van der Waals surface area contributed by atoms with Crippen LogP contribution in [0.3, 0.4) is 0 Å². The third kappa shape index (κ3) is 10.4. The Morgan fingerprint density at radius 2 is 0.864 bits per heavy atom. The largest absolute Gasteiger partial charge is 0.411 e. The number of para-hydroxylation sites is 3. The number of allylic oxidation sites excluding steroid dienone is 5. The maximum Gasteiger partial charge on any atom is 0.161 e. The number of carbonyl (C=O) groups excluding carboxylic acids is 1. The maximum atomic E-state index is 12.8. The van der Waals surface area contributed by atoms with Gasteiger partial charge in [-0.25, -0.2) is 0 Å². The minimum absolute atomic E-state index is 0.0322. The van der Waals surface area contributed by atoms with Gasteiger partial charge in [-0.05, 0) is 187 Å². The average Bonchev–Trinajstić information content (AvgIpc) is 1.44. The van der Waals surface area contributed by atoms with Crippen LogP contribution in [-0.4, -0.2) is 90.4 Å². The molecule has 0 radical (unpaired) electrons. The first-order chi connectivity index (χ1) is 42.4. The van der Waals surface area contributed by atoms with Crippen molar-refractivity contribution in [1.82, 2.24) is 28.4 Å². The molecule has 15 rings (SSSR count). The van der Waals surface area contributed by atoms with Crippen LogP contribution in [0.5, 0.6) is 0 Å². The van der Waals surface area contributed by atoms with Crippen LogP contribution >= 0.6 is 0 Å². The third-order valence-electron chi connectivity index (χ3n) is 24.3. The lowest BCUT2D eigenvalue weighted by atomic mass is 9.60. The number of hydrogen-bond acceptors (Lipinski definition) is 7. The Morgan fingerprint density at radius 1 is 0.511 bits per heavy atom. The summed E-state index contributed by atoms with van der Waals surface area (Å²) in [7, 11) is 6.75. The van der Waals surface area contributed by atoms with Crippen molar-refractivity contribution in [1.29, 1.82) is 0 Å². The van der Waals surface area contributed by atoms with Crippen LogP contribution in [0.15, 0.2) is 113 Å². The topological polar surface area (TPSA) is 100 Å². The third-order valence-corrected chi connectivity index (χ3v) is 24.3. The van der Waals surface area contributed by atoms with Gasteiger partial charge in [0, 0.05) is 128 Å². The van der Waals surface area contributed by atoms with Crippen molar-refractivity contribution in [2.75, 3.05) is 39.3 Å². The van der Waals surface area contributed by atoms with Crippen molar-refractivity contribution in [3.05, 3.63) is 142 Å². The van der Waals surface area contributed by atoms with Crippen molar-refractivity contribution >= 4 is 44.2 Å². The first-order valence-corrected chi connectivity index (χ1v) is 34.8. The van der Waals surface area contributed by atoms with E-state index in [1.165, 1.54) is 93.2 Å². The minimum atomic E-state index is 0.0322. The lowest BCUT2D eigenvalue weighted by molar-refractivity contribution is -0.127. The second-order valence-electron chi connectivity index (χ2n) is 27.9. The number of aryl methyl sites for hydroxylation is 3. The molecule has 6 aromatic rings. The molecule has 0 spiro atoms. The Balaban J connectivity index is 0.000000140. The van der Waals surface area contributed by atoms with Crippen LogP contribution in [0, 0.1) is 53.3 Å². The van der Waals surface area contributed by atoms with E-state index in [0.29, 0.717) is 47.2 Å². The summed E-state index contributed by atoms with van der Waals surface area (Å²) in [4.78, 5) is 21.1. The number of piperidine rings is 3. The Bertz CT molecular complexity index is 3640. The first kappa shape index (κ1) is 65.4. The van der Waals surface area contributed by atoms with E-state index in [-0.39, 0.29) is 28.6 Å². The monoisotopic (exact) mass is 1190 g/mol. The number of nitrogens with zero attached hydrogens (tertiary/aromatic N) is 7. The molecule has 10 heteroatoms. The second kappa shape index (κ2) is 26.0. The molecule has 7 unspecified atom stereocenters. The van der Waals surface area contributed by atoms with Crippen LogP contribution < -0.4 is 5.73 Å². The van der Waals surface area contributed by atoms with Crippen molar-refractivity contribution in [3.8, 4) is 0 Å². The van der Waals surface area contributed by atoms with Crippen LogP contribution in [0.25, 0.3) is 32.7 Å². The van der Waals surface area contributed by atoms with Gasteiger partial charge in [-0.1, -0.05) is 146 Å². The lowest BCUT2D eigenvalue weighted by Gasteiger charge is -2.57. The normalized spacial score (nSPS) is 34.0. The molecule has 476 valence electrons. The number of oxime groups is 1. The van der Waals surface area contributed by atoms with Crippen molar-refractivity contribution in [2.45, 2.75) is 184 Å². The van der Waals surface area contributed by atoms with E-state index in [4.69, 9.17) is 5.73 Å². The van der Waals surface area contributed by atoms with E-state index in [9.17, 15) is 10.0 Å². The number of rotatable bonds is 0. The van der Waals surface area contributed by atoms with Gasteiger partial charge in [-0.3, -0.25) is 19.5 Å². The molecule has 3 aliphatic carbocycles. The summed E-state index contributed by atoms with van der Waals surface area (Å²) < 4.78 is 7.37. The van der Waals surface area contributed by atoms with Crippen LogP contribution in [0.2, 0.25) is 0 Å². The van der Waals surface area contributed by atoms with Gasteiger partial charge in [0.2, 0.25) is 0 Å². The standard InChI is InChI=1S/C24H31N3O.C24H33N3.C24H30N2O.3C2H6/c1-5-16-12-17-14-27-11-10-19-18-8-6-7-9-21(18)26(4)23(19)24(27,3)13-20(17)15(2)22(16)25-28;1-5-16-12-17-14-27-11-10-19-18-8-6-7-9-21(18)26(4)23(19)24(27,3)13-20(17)15(2)22(16)25;1-5-16-12-17-14-26-11-10-19-18-8-6-7-9-21(18)25(4)23(19)24(26,3)13-20(17)15(2)22(16)27;3*1-2/h5-9,15,17,20,28H,10-14H2,1-4H3;5-9,15,17,20,22H,10-14,25H2,1-4H3;5-9,15,17,20H,10-14H2,1-4H3;3*1-2H3/b16-5+,25-22-;2*16-5+;;;/t15-,17?,20?,24+;15-,17?,20?,22?,24+;15-,17?,20?,24+;;;/m111.../s1. The highest BCUT2D eigenvalue weighted by Gasteiger charge is 2.56. The van der Waals surface area contributed by atoms with Gasteiger partial charge in [0.1, 0.15) is 0 Å². The lowest BCUT2D eigenvalue weighted by Crippen LogP contribution is -2.60. The van der Waals surface area contributed by atoms with Crippen LogP contribution in [0.1, 0.15) is 176 Å². The zero-order chi connectivity index (χ0) is 63.5. The molecule has 3 N–H and O–H groups in total. The fourth-order valence-electron chi connectivity index (χ4n) is 20.1. The van der Waals surface area contributed by atoms with Gasteiger partial charge in [0.15, 0.2) is 5.78 Å². The summed E-state index contributed by atoms with van der Waals surface area (Å²) in [5, 5.41) is 17.7. The van der Waals surface area contributed by atoms with Crippen molar-refractivity contribution in [2.24, 2.45) is 85.3 Å². The highest BCUT2D eigenvalue weighted by Crippen LogP contribution is 2.56. The highest BCUT2D eigenvalue weighted by molar-refractivity contribution is 6.02. The maximum absolute atomic E-state index is 12.8. The Kier molecular flexibility index (Phi) is 19.3. The number of nitrogens with two attached hydrogens (primary N) is 1. The molecule has 3 saturated carbocycles. The molecule has 3 aromatic carbocycles. The summed E-state index contributed by atoms with van der Waals surface area (Å²) >= 11 is 0. The minimum Gasteiger partial charge on any atom is -0.411 e. The number of fused-ring (bicyclic) bond motifs is 18. The predicted molar refractivity (Wildman–Crippen MR) is 370 cm³/mol. The van der Waals surface area contributed by atoms with E-state index in [1.807, 2.05) is 48.5 Å². The number of aromatic nitrogens is 3. The van der Waals surface area contributed by atoms with E-state index in [2.05, 4.69) is 201 Å². The molecule has 9 heterocycles. The molecule has 6 fully saturated rings. The van der Waals surface area contributed by atoms with Gasteiger partial charge in [0.05, 0.1) is 22.3 Å². The second-order valence-corrected chi connectivity index (χ2v) is 27.9. The SMILES string of the molecule is C/C=C1\CC2CN3CCc4c(n(C)c5ccccc45)[C@]3(C)CC2[C@@H](C)C1=O.C/C=C1\CC2CN3CCc4c(n(C)c5ccccc45)[C@]3(C)CC2[C@@H](C)C1N.C/C=C1\CC2CN3CCc4c(n(C)c5ccccc45)[C@]3(C)CC2[C@@H](C)\C1=N\O.CC.CC.CC. The summed E-state index contributed by atoms with van der Waals surface area (Å²) in [6, 6.07) is 26.9. The van der Waals surface area contributed by atoms with Crippen LogP contribution in [-0.2, 0) is 61.8 Å². The zero-order valence-electron chi connectivity index (χ0n) is 57.6. The van der Waals surface area contributed by atoms with Gasteiger partial charge in [-0.2, -0.15) is 0 Å². The van der Waals surface area contributed by atoms with E-state index >= 15 is 0 Å². The molecule has 0 bridgehead atoms. The first-order valence-electron chi connectivity index (χ1n) is 34.8. The zero-order valence-corrected chi connectivity index (χ0v) is 57.6. The number of carbonyl (C=O) groups is 1. The Hall–Kier alpha value is -5.52. The molecule has 10 nitrogen and oxygen atoms in total. The quantitative estimate of drug-likeness (QED) is 0.0680. The Labute approximate surface area is 530 Å². The molecule has 9 aliphatic rings. The Morgan fingerprint density at radius 3 is 1.24 bits per heavy atom. The molecule has 3 saturated heterocycles. The fourth-order valence-corrected chi connectivity index (χ4v) is 20.1. The smallest absolute Gasteiger partial charge is 0.161 e. The number of hydrogen-bond donors (Lipinski definition) is 2. The summed E-state index contributed by atoms with van der Waals surface area (Å²) in [6.07, 6.45) is 16.6. The molecule has 13 atom stereocenters. The fraction of sp³-hybridized carbons (Fsp3) is 0.590. The molecule has 3 aromatic heterocycles. The summed E-state index contributed by atoms with van der Waals surface area (Å²) in [5.74, 6) is 5.19. The van der Waals surface area contributed by atoms with Gasteiger partial charge >= 0.3 is 0 Å². The van der Waals surface area contributed by atoms with E-state index < -0.39 is 0 Å². The predicted octanol–water partition coefficient (Wildman–Crippen LogP) is 16.4. The number of ketones is 1. The molecular formula is C78H112N8O2. The molecule has 6 aliphatic heterocycles. The van der Waals surface area contributed by atoms with Crippen molar-refractivity contribution in [3.63, 3.8) is 0 Å². The summed E-state index contributed by atoms with van der Waals surface area (Å²) in [5.41, 5.74) is 24.9. The van der Waals surface area contributed by atoms with Gasteiger partial charge in [-0.15, -0.1) is 0 Å². The van der Waals surface area contributed by atoms with Crippen molar-refractivity contribution < 1.29 is 10.0 Å². The highest BCUT2D eigenvalue weighted by atomic mass is 16.4. The molecular weight excluding hydrogens is 1080 g/mol. The summed E-state index contributed by atoms with van der Waals surface area (Å²) in [6.45, 7) is 39.4. The van der Waals surface area contributed by atoms with Gasteiger partial charge in [0.25, 0.3) is 0 Å². The van der Waals surface area contributed by atoms with E-state index in [1.54, 1.807) is 16.8 Å². The van der Waals surface area contributed by atoms with Gasteiger partial charge < -0.3 is 24.6 Å². The van der Waals surface area contributed by atoms with E-state index in [0.717, 1.165) is 81.9 Å². The van der Waals surface area contributed by atoms with Crippen LogP contribution in [0.4, 0.5) is 0 Å². The molecule has 88 heavy (non-hydrogen) atoms. The number of benzene rings is 3. The molecule has 0 amide bonds.